The molecule has 4 rings (SSSR count). The summed E-state index contributed by atoms with van der Waals surface area (Å²) < 4.78 is 17.6. The molecular weight excluding hydrogens is 392 g/mol. The van der Waals surface area contributed by atoms with Crippen LogP contribution in [0.5, 0.6) is 5.75 Å². The van der Waals surface area contributed by atoms with E-state index in [4.69, 9.17) is 13.9 Å². The van der Waals surface area contributed by atoms with Crippen molar-refractivity contribution in [2.75, 3.05) is 39.9 Å². The first-order valence-electron chi connectivity index (χ1n) is 11.4. The fourth-order valence-corrected chi connectivity index (χ4v) is 4.78. The van der Waals surface area contributed by atoms with Crippen molar-refractivity contribution < 1.29 is 18.7 Å². The van der Waals surface area contributed by atoms with Crippen molar-refractivity contribution >= 4 is 5.91 Å². The number of amides is 1. The van der Waals surface area contributed by atoms with Gasteiger partial charge in [-0.05, 0) is 63.1 Å². The molecule has 6 heteroatoms. The molecule has 2 aromatic rings. The third-order valence-electron chi connectivity index (χ3n) is 6.49. The predicted molar refractivity (Wildman–Crippen MR) is 119 cm³/mol. The van der Waals surface area contributed by atoms with Gasteiger partial charge < -0.3 is 18.8 Å². The van der Waals surface area contributed by atoms with Crippen LogP contribution in [0.2, 0.25) is 0 Å². The predicted octanol–water partition coefficient (Wildman–Crippen LogP) is 4.13. The molecule has 3 heterocycles. The minimum absolute atomic E-state index is 0.0923. The SMILES string of the molecule is CO[C@H]1CCN2C[C@H]1CCCCN(Cc1ccc(C)o1)CCOc1cccc(c1)C2=O. The largest absolute Gasteiger partial charge is 0.492 e. The van der Waals surface area contributed by atoms with Gasteiger partial charge in [-0.2, -0.15) is 0 Å². The van der Waals surface area contributed by atoms with Crippen LogP contribution in [-0.4, -0.2) is 61.7 Å². The highest BCUT2D eigenvalue weighted by Gasteiger charge is 2.31. The zero-order valence-corrected chi connectivity index (χ0v) is 18.7. The second kappa shape index (κ2) is 10.3. The number of piperidine rings is 1. The molecule has 0 saturated carbocycles. The fraction of sp³-hybridized carbons (Fsp3) is 0.560. The maximum atomic E-state index is 13.1. The minimum Gasteiger partial charge on any atom is -0.492 e. The lowest BCUT2D eigenvalue weighted by Gasteiger charge is -2.38. The van der Waals surface area contributed by atoms with Crippen molar-refractivity contribution in [1.29, 1.82) is 0 Å². The molecule has 0 unspecified atom stereocenters. The number of fused-ring (bicyclic) bond motifs is 4. The first kappa shape index (κ1) is 21.9. The van der Waals surface area contributed by atoms with Crippen LogP contribution < -0.4 is 4.74 Å². The summed E-state index contributed by atoms with van der Waals surface area (Å²) in [6.45, 7) is 6.66. The lowest BCUT2D eigenvalue weighted by atomic mass is 9.89. The summed E-state index contributed by atoms with van der Waals surface area (Å²) in [6, 6.07) is 11.7. The van der Waals surface area contributed by atoms with E-state index in [9.17, 15) is 4.79 Å². The molecule has 31 heavy (non-hydrogen) atoms. The van der Waals surface area contributed by atoms with Crippen molar-refractivity contribution in [3.8, 4) is 5.75 Å². The van der Waals surface area contributed by atoms with Gasteiger partial charge in [0.05, 0.1) is 12.6 Å². The number of nitrogens with zero attached hydrogens (tertiary/aromatic N) is 2. The van der Waals surface area contributed by atoms with Gasteiger partial charge in [0.1, 0.15) is 23.9 Å². The first-order valence-corrected chi connectivity index (χ1v) is 11.4. The maximum absolute atomic E-state index is 13.1. The molecule has 1 saturated heterocycles. The number of hydrogen-bond acceptors (Lipinski definition) is 5. The van der Waals surface area contributed by atoms with Crippen molar-refractivity contribution in [3.05, 3.63) is 53.5 Å². The van der Waals surface area contributed by atoms with Crippen molar-refractivity contribution in [2.24, 2.45) is 5.92 Å². The normalized spacial score (nSPS) is 23.7. The Morgan fingerprint density at radius 2 is 2.00 bits per heavy atom. The Bertz CT molecular complexity index is 865. The van der Waals surface area contributed by atoms with Crippen LogP contribution in [0.25, 0.3) is 0 Å². The van der Waals surface area contributed by atoms with Gasteiger partial charge in [-0.25, -0.2) is 0 Å². The number of hydrogen-bond donors (Lipinski definition) is 0. The summed E-state index contributed by atoms with van der Waals surface area (Å²) in [5.74, 6) is 3.16. The molecule has 1 aromatic heterocycles. The van der Waals surface area contributed by atoms with E-state index in [0.29, 0.717) is 18.1 Å². The first-order chi connectivity index (χ1) is 15.1. The maximum Gasteiger partial charge on any atom is 0.254 e. The minimum atomic E-state index is 0.0923. The Kier molecular flexibility index (Phi) is 7.30. The van der Waals surface area contributed by atoms with Crippen LogP contribution >= 0.6 is 0 Å². The molecule has 6 nitrogen and oxygen atoms in total. The molecule has 4 bridgehead atoms. The molecule has 0 spiro atoms. The molecule has 2 aliphatic rings. The van der Waals surface area contributed by atoms with Gasteiger partial charge in [-0.15, -0.1) is 0 Å². The Labute approximate surface area is 185 Å². The number of benzene rings is 1. The van der Waals surface area contributed by atoms with E-state index in [2.05, 4.69) is 11.0 Å². The lowest BCUT2D eigenvalue weighted by molar-refractivity contribution is -0.00677. The second-order valence-electron chi connectivity index (χ2n) is 8.73. The summed E-state index contributed by atoms with van der Waals surface area (Å²) in [7, 11) is 1.80. The standard InChI is InChI=1S/C25H34N2O4/c1-19-9-10-23(31-19)18-26-12-4-3-6-21-17-27(13-11-24(21)29-2)25(28)20-7-5-8-22(16-20)30-15-14-26/h5,7-10,16,21,24H,3-4,6,11-15,17-18H2,1-2H3/t21-,24+/m1/s1. The van der Waals surface area contributed by atoms with Gasteiger partial charge in [0.25, 0.3) is 5.91 Å². The summed E-state index contributed by atoms with van der Waals surface area (Å²) in [5, 5.41) is 0. The summed E-state index contributed by atoms with van der Waals surface area (Å²) in [4.78, 5) is 17.5. The molecule has 2 aliphatic heterocycles. The molecule has 1 fully saturated rings. The van der Waals surface area contributed by atoms with E-state index in [1.165, 1.54) is 0 Å². The van der Waals surface area contributed by atoms with Gasteiger partial charge in [0, 0.05) is 38.2 Å². The van der Waals surface area contributed by atoms with Crippen molar-refractivity contribution in [3.63, 3.8) is 0 Å². The molecular formula is C25H34N2O4. The smallest absolute Gasteiger partial charge is 0.254 e. The number of aryl methyl sites for hydroxylation is 1. The highest BCUT2D eigenvalue weighted by atomic mass is 16.5. The fourth-order valence-electron chi connectivity index (χ4n) is 4.78. The quantitative estimate of drug-likeness (QED) is 0.739. The van der Waals surface area contributed by atoms with Gasteiger partial charge >= 0.3 is 0 Å². The van der Waals surface area contributed by atoms with Crippen LogP contribution in [0.1, 0.15) is 47.6 Å². The van der Waals surface area contributed by atoms with Crippen molar-refractivity contribution in [1.82, 2.24) is 9.80 Å². The van der Waals surface area contributed by atoms with Crippen LogP contribution in [0.3, 0.4) is 0 Å². The number of methoxy groups -OCH3 is 1. The average molecular weight is 427 g/mol. The highest BCUT2D eigenvalue weighted by molar-refractivity contribution is 5.94. The number of rotatable bonds is 3. The molecule has 1 aromatic carbocycles. The van der Waals surface area contributed by atoms with Crippen LogP contribution in [0.4, 0.5) is 0 Å². The van der Waals surface area contributed by atoms with E-state index in [-0.39, 0.29) is 12.0 Å². The van der Waals surface area contributed by atoms with Crippen LogP contribution in [0, 0.1) is 12.8 Å². The molecule has 2 atom stereocenters. The Morgan fingerprint density at radius 3 is 2.81 bits per heavy atom. The lowest BCUT2D eigenvalue weighted by Crippen LogP contribution is -2.46. The average Bonchev–Trinajstić information content (AvgIpc) is 3.20. The molecule has 168 valence electrons. The number of carbonyl (C=O) groups excluding carboxylic acids is 1. The zero-order valence-electron chi connectivity index (χ0n) is 18.7. The summed E-state index contributed by atoms with van der Waals surface area (Å²) in [5.41, 5.74) is 0.699. The van der Waals surface area contributed by atoms with Crippen LogP contribution in [0.15, 0.2) is 40.8 Å². The van der Waals surface area contributed by atoms with Gasteiger partial charge in [-0.3, -0.25) is 9.69 Å². The Morgan fingerprint density at radius 1 is 1.10 bits per heavy atom. The second-order valence-corrected chi connectivity index (χ2v) is 8.73. The van der Waals surface area contributed by atoms with Crippen molar-refractivity contribution in [2.45, 2.75) is 45.3 Å². The third-order valence-corrected chi connectivity index (χ3v) is 6.49. The molecule has 0 radical (unpaired) electrons. The van der Waals surface area contributed by atoms with E-state index >= 15 is 0 Å². The highest BCUT2D eigenvalue weighted by Crippen LogP contribution is 2.27. The van der Waals surface area contributed by atoms with E-state index in [1.54, 1.807) is 7.11 Å². The van der Waals surface area contributed by atoms with E-state index < -0.39 is 0 Å². The van der Waals surface area contributed by atoms with Gasteiger partial charge in [-0.1, -0.05) is 12.5 Å². The molecule has 0 aliphatic carbocycles. The van der Waals surface area contributed by atoms with E-state index in [0.717, 1.165) is 75.7 Å². The third kappa shape index (κ3) is 5.69. The Balaban J connectivity index is 1.50. The topological polar surface area (TPSA) is 55.1 Å². The number of carbonyl (C=O) groups is 1. The molecule has 0 N–H and O–H groups in total. The molecule has 1 amide bonds. The monoisotopic (exact) mass is 426 g/mol. The number of ether oxygens (including phenoxy) is 2. The van der Waals surface area contributed by atoms with E-state index in [1.807, 2.05) is 42.2 Å². The van der Waals surface area contributed by atoms with Gasteiger partial charge in [0.2, 0.25) is 0 Å². The zero-order chi connectivity index (χ0) is 21.6. The summed E-state index contributed by atoms with van der Waals surface area (Å²) in [6.07, 6.45) is 4.43. The Hall–Kier alpha value is -2.31. The number of furan rings is 1. The van der Waals surface area contributed by atoms with Crippen LogP contribution in [-0.2, 0) is 11.3 Å². The summed E-state index contributed by atoms with van der Waals surface area (Å²) >= 11 is 0. The van der Waals surface area contributed by atoms with Gasteiger partial charge in [0.15, 0.2) is 0 Å².